The highest BCUT2D eigenvalue weighted by molar-refractivity contribution is 6.30. The topological polar surface area (TPSA) is 130 Å². The first-order chi connectivity index (χ1) is 20.8. The molecule has 0 spiro atoms. The fraction of sp³-hybridized carbons (Fsp3) is 0.387. The lowest BCUT2D eigenvalue weighted by Gasteiger charge is -2.37. The number of morpholine rings is 1. The Labute approximate surface area is 256 Å². The van der Waals surface area contributed by atoms with Crippen LogP contribution in [-0.2, 0) is 4.74 Å². The Balaban J connectivity index is 0.000000628. The summed E-state index contributed by atoms with van der Waals surface area (Å²) in [5, 5.41) is 9.28. The third-order valence-electron chi connectivity index (χ3n) is 7.26. The molecule has 2 aromatic carbocycles. The van der Waals surface area contributed by atoms with Crippen LogP contribution in [0.25, 0.3) is 11.3 Å². The SMILES string of the molecule is C=Nc1nc(/C(N)=N/C(=O)O)nc(-c2cc(F)cc(Cl)c2)c1N(CC1CCCCC1)CN1CCOCC1.c1ccccc1. The predicted octanol–water partition coefficient (Wildman–Crippen LogP) is 6.01. The molecule has 2 fully saturated rings. The molecule has 1 saturated carbocycles. The van der Waals surface area contributed by atoms with E-state index in [4.69, 9.17) is 27.2 Å². The first-order valence-electron chi connectivity index (χ1n) is 14.3. The molecule has 3 N–H and O–H groups in total. The van der Waals surface area contributed by atoms with Crippen LogP contribution in [-0.4, -0.2) is 78.1 Å². The number of benzene rings is 2. The molecule has 1 aliphatic carbocycles. The summed E-state index contributed by atoms with van der Waals surface area (Å²) >= 11 is 6.21. The number of amides is 1. The highest BCUT2D eigenvalue weighted by atomic mass is 35.5. The van der Waals surface area contributed by atoms with E-state index >= 15 is 0 Å². The summed E-state index contributed by atoms with van der Waals surface area (Å²) in [5.74, 6) is -0.434. The fourth-order valence-electron chi connectivity index (χ4n) is 5.27. The largest absolute Gasteiger partial charge is 0.463 e. The molecular weight excluding hydrogens is 573 g/mol. The molecular formula is C31H37ClFN7O3. The number of carboxylic acid groups (broad SMARTS) is 1. The number of aromatic nitrogens is 2. The number of rotatable bonds is 8. The third kappa shape index (κ3) is 9.54. The van der Waals surface area contributed by atoms with Crippen LogP contribution in [0.4, 0.5) is 20.7 Å². The van der Waals surface area contributed by atoms with E-state index in [9.17, 15) is 9.18 Å². The molecule has 43 heavy (non-hydrogen) atoms. The Morgan fingerprint density at radius 2 is 1.74 bits per heavy atom. The van der Waals surface area contributed by atoms with Gasteiger partial charge in [0.25, 0.3) is 0 Å². The van der Waals surface area contributed by atoms with Crippen molar-refractivity contribution in [1.82, 2.24) is 14.9 Å². The quantitative estimate of drug-likeness (QED) is 0.234. The Morgan fingerprint density at radius 3 is 2.33 bits per heavy atom. The number of nitrogens with two attached hydrogens (primary N) is 1. The van der Waals surface area contributed by atoms with Gasteiger partial charge in [-0.2, -0.15) is 4.99 Å². The number of hydrogen-bond acceptors (Lipinski definition) is 7. The summed E-state index contributed by atoms with van der Waals surface area (Å²) in [6.45, 7) is 7.76. The Bertz CT molecular complexity index is 1330. The van der Waals surface area contributed by atoms with Crippen molar-refractivity contribution >= 4 is 41.8 Å². The van der Waals surface area contributed by atoms with E-state index in [2.05, 4.69) is 36.5 Å². The average Bonchev–Trinajstić information content (AvgIpc) is 3.01. The lowest BCUT2D eigenvalue weighted by molar-refractivity contribution is 0.0375. The number of carbonyl (C=O) groups is 1. The Hall–Kier alpha value is -3.93. The van der Waals surface area contributed by atoms with Crippen LogP contribution in [0.2, 0.25) is 5.02 Å². The summed E-state index contributed by atoms with van der Waals surface area (Å²) < 4.78 is 20.0. The minimum Gasteiger partial charge on any atom is -0.463 e. The van der Waals surface area contributed by atoms with Gasteiger partial charge in [-0.05, 0) is 43.7 Å². The van der Waals surface area contributed by atoms with Crippen molar-refractivity contribution in [3.8, 4) is 11.3 Å². The van der Waals surface area contributed by atoms with Gasteiger partial charge < -0.3 is 20.5 Å². The molecule has 10 nitrogen and oxygen atoms in total. The normalized spacial score (nSPS) is 16.2. The van der Waals surface area contributed by atoms with E-state index < -0.39 is 17.7 Å². The van der Waals surface area contributed by atoms with Crippen LogP contribution in [0.1, 0.15) is 37.9 Å². The van der Waals surface area contributed by atoms with Gasteiger partial charge in [0.05, 0.1) is 19.9 Å². The highest BCUT2D eigenvalue weighted by Gasteiger charge is 2.28. The molecule has 0 atom stereocenters. The van der Waals surface area contributed by atoms with Gasteiger partial charge >= 0.3 is 6.09 Å². The maximum atomic E-state index is 14.5. The number of ether oxygens (including phenoxy) is 1. The van der Waals surface area contributed by atoms with Crippen LogP contribution in [0, 0.1) is 11.7 Å². The van der Waals surface area contributed by atoms with E-state index in [0.29, 0.717) is 42.7 Å². The van der Waals surface area contributed by atoms with Gasteiger partial charge in [0, 0.05) is 30.2 Å². The van der Waals surface area contributed by atoms with E-state index in [1.807, 2.05) is 36.4 Å². The van der Waals surface area contributed by atoms with Crippen molar-refractivity contribution in [3.63, 3.8) is 0 Å². The molecule has 1 amide bonds. The fourth-order valence-corrected chi connectivity index (χ4v) is 5.50. The molecule has 2 heterocycles. The van der Waals surface area contributed by atoms with Crippen molar-refractivity contribution in [2.75, 3.05) is 44.4 Å². The van der Waals surface area contributed by atoms with E-state index in [-0.39, 0.29) is 16.7 Å². The first-order valence-corrected chi connectivity index (χ1v) is 14.7. The second-order valence-electron chi connectivity index (χ2n) is 10.4. The molecule has 2 aliphatic rings. The molecule has 1 saturated heterocycles. The molecule has 0 radical (unpaired) electrons. The standard InChI is InChI=1S/C25H31ClFN7O3.C6H6/c1-29-23-21(34(14-16-5-3-2-4-6-16)15-33-7-9-37-10-8-33)20(17-11-18(26)13-19(27)12-17)30-24(32-23)22(28)31-25(35)36;1-2-4-6-5-3-1/h11-13,16H,1-10,14-15H2,(H2,28,31)(H,35,36);1-6H. The predicted molar refractivity (Wildman–Crippen MR) is 168 cm³/mol. The lowest BCUT2D eigenvalue weighted by Crippen LogP contribution is -2.46. The van der Waals surface area contributed by atoms with Gasteiger partial charge in [0.15, 0.2) is 17.5 Å². The number of halogens is 2. The van der Waals surface area contributed by atoms with Gasteiger partial charge in [0.2, 0.25) is 0 Å². The second kappa shape index (κ2) is 16.1. The zero-order valence-electron chi connectivity index (χ0n) is 24.0. The molecule has 228 valence electrons. The molecule has 5 rings (SSSR count). The minimum absolute atomic E-state index is 0.145. The number of nitrogens with zero attached hydrogens (tertiary/aromatic N) is 6. The number of aliphatic imine (C=N–C) groups is 2. The zero-order valence-corrected chi connectivity index (χ0v) is 24.8. The molecule has 1 aliphatic heterocycles. The van der Waals surface area contributed by atoms with Crippen molar-refractivity contribution in [2.24, 2.45) is 21.6 Å². The van der Waals surface area contributed by atoms with Crippen LogP contribution in [0.3, 0.4) is 0 Å². The summed E-state index contributed by atoms with van der Waals surface area (Å²) in [6.07, 6.45) is 4.30. The van der Waals surface area contributed by atoms with E-state index in [1.165, 1.54) is 31.4 Å². The summed E-state index contributed by atoms with van der Waals surface area (Å²) in [4.78, 5) is 32.1. The van der Waals surface area contributed by atoms with E-state index in [0.717, 1.165) is 32.5 Å². The van der Waals surface area contributed by atoms with Crippen LogP contribution in [0.15, 0.2) is 64.6 Å². The smallest absolute Gasteiger partial charge is 0.433 e. The first kappa shape index (κ1) is 32.0. The van der Waals surface area contributed by atoms with Crippen LogP contribution in [0.5, 0.6) is 0 Å². The molecule has 0 bridgehead atoms. The Kier molecular flexibility index (Phi) is 12.0. The van der Waals surface area contributed by atoms with Gasteiger partial charge in [-0.25, -0.2) is 24.1 Å². The third-order valence-corrected chi connectivity index (χ3v) is 7.48. The van der Waals surface area contributed by atoms with Gasteiger partial charge in [-0.3, -0.25) is 4.90 Å². The van der Waals surface area contributed by atoms with Crippen LogP contribution >= 0.6 is 11.6 Å². The van der Waals surface area contributed by atoms with E-state index in [1.54, 1.807) is 6.07 Å². The maximum absolute atomic E-state index is 14.5. The summed E-state index contributed by atoms with van der Waals surface area (Å²) in [7, 11) is 0. The van der Waals surface area contributed by atoms with Gasteiger partial charge in [-0.15, -0.1) is 0 Å². The van der Waals surface area contributed by atoms with Gasteiger partial charge in [0.1, 0.15) is 17.2 Å². The molecule has 3 aromatic rings. The maximum Gasteiger partial charge on any atom is 0.433 e. The molecule has 1 aromatic heterocycles. The zero-order chi connectivity index (χ0) is 30.6. The van der Waals surface area contributed by atoms with Gasteiger partial charge in [-0.1, -0.05) is 67.3 Å². The number of amidine groups is 1. The summed E-state index contributed by atoms with van der Waals surface area (Å²) in [6, 6.07) is 16.1. The highest BCUT2D eigenvalue weighted by Crippen LogP contribution is 2.39. The average molecular weight is 610 g/mol. The Morgan fingerprint density at radius 1 is 1.09 bits per heavy atom. The van der Waals surface area contributed by atoms with Crippen molar-refractivity contribution < 1.29 is 19.0 Å². The van der Waals surface area contributed by atoms with Crippen molar-refractivity contribution in [2.45, 2.75) is 32.1 Å². The number of hydrogen-bond donors (Lipinski definition) is 2. The molecule has 12 heteroatoms. The monoisotopic (exact) mass is 609 g/mol. The van der Waals surface area contributed by atoms with Crippen LogP contribution < -0.4 is 10.6 Å². The molecule has 0 unspecified atom stereocenters. The van der Waals surface area contributed by atoms with Crippen molar-refractivity contribution in [1.29, 1.82) is 0 Å². The number of anilines is 1. The lowest BCUT2D eigenvalue weighted by atomic mass is 9.89. The minimum atomic E-state index is -1.49. The van der Waals surface area contributed by atoms with Crippen molar-refractivity contribution in [3.05, 3.63) is 71.3 Å². The second-order valence-corrected chi connectivity index (χ2v) is 10.9. The summed E-state index contributed by atoms with van der Waals surface area (Å²) in [5.41, 5.74) is 7.16.